The van der Waals surface area contributed by atoms with Crippen molar-refractivity contribution in [2.45, 2.75) is 26.7 Å². The number of carbonyl (C=O) groups is 2. The van der Waals surface area contributed by atoms with Crippen LogP contribution >= 0.6 is 11.6 Å². The van der Waals surface area contributed by atoms with Crippen molar-refractivity contribution in [1.82, 2.24) is 5.16 Å². The van der Waals surface area contributed by atoms with Crippen molar-refractivity contribution in [3.8, 4) is 5.75 Å². The Bertz CT molecular complexity index is 738. The molecule has 1 aromatic heterocycles. The van der Waals surface area contributed by atoms with Crippen molar-refractivity contribution in [2.75, 3.05) is 17.7 Å². The molecule has 0 radical (unpaired) electrons. The lowest BCUT2D eigenvalue weighted by molar-refractivity contribution is -0.116. The highest BCUT2D eigenvalue weighted by molar-refractivity contribution is 6.29. The van der Waals surface area contributed by atoms with Crippen LogP contribution in [0.3, 0.4) is 0 Å². The van der Waals surface area contributed by atoms with Gasteiger partial charge in [0.15, 0.2) is 0 Å². The number of hydrogen-bond donors (Lipinski definition) is 2. The average molecular weight is 352 g/mol. The monoisotopic (exact) mass is 351 g/mol. The van der Waals surface area contributed by atoms with Gasteiger partial charge in [-0.15, -0.1) is 0 Å². The molecule has 0 aliphatic rings. The van der Waals surface area contributed by atoms with Crippen molar-refractivity contribution in [3.63, 3.8) is 0 Å². The van der Waals surface area contributed by atoms with E-state index in [0.717, 1.165) is 5.56 Å². The van der Waals surface area contributed by atoms with Gasteiger partial charge in [0.1, 0.15) is 5.75 Å². The SMILES string of the molecule is COc1ccc(NC(=O)CCc2c(C)noc2Cl)cc1NC(C)=O. The van der Waals surface area contributed by atoms with E-state index in [1.165, 1.54) is 14.0 Å². The predicted molar refractivity (Wildman–Crippen MR) is 90.5 cm³/mol. The molecule has 2 amide bonds. The van der Waals surface area contributed by atoms with E-state index in [4.69, 9.17) is 20.9 Å². The highest BCUT2D eigenvalue weighted by atomic mass is 35.5. The van der Waals surface area contributed by atoms with E-state index in [1.807, 2.05) is 0 Å². The first kappa shape index (κ1) is 17.8. The number of nitrogens with zero attached hydrogens (tertiary/aromatic N) is 1. The molecule has 0 spiro atoms. The molecule has 0 fully saturated rings. The first-order valence-electron chi connectivity index (χ1n) is 7.27. The standard InChI is InChI=1S/C16H18ClN3O4/c1-9-12(16(17)24-20-9)5-7-15(22)19-11-4-6-14(23-3)13(8-11)18-10(2)21/h4,6,8H,5,7H2,1-3H3,(H,18,21)(H,19,22). The average Bonchev–Trinajstić information content (AvgIpc) is 2.83. The molecule has 7 nitrogen and oxygen atoms in total. The third kappa shape index (κ3) is 4.48. The maximum absolute atomic E-state index is 12.1. The summed E-state index contributed by atoms with van der Waals surface area (Å²) in [5.41, 5.74) is 2.43. The van der Waals surface area contributed by atoms with E-state index >= 15 is 0 Å². The lowest BCUT2D eigenvalue weighted by Crippen LogP contribution is -2.13. The summed E-state index contributed by atoms with van der Waals surface area (Å²) in [6.45, 7) is 3.17. The summed E-state index contributed by atoms with van der Waals surface area (Å²) in [5, 5.41) is 9.37. The first-order chi connectivity index (χ1) is 11.4. The normalized spacial score (nSPS) is 10.3. The zero-order chi connectivity index (χ0) is 17.7. The predicted octanol–water partition coefficient (Wildman–Crippen LogP) is 3.17. The van der Waals surface area contributed by atoms with Gasteiger partial charge in [-0.2, -0.15) is 0 Å². The van der Waals surface area contributed by atoms with Crippen LogP contribution in [-0.2, 0) is 16.0 Å². The fourth-order valence-corrected chi connectivity index (χ4v) is 2.44. The van der Waals surface area contributed by atoms with Gasteiger partial charge in [0.25, 0.3) is 0 Å². The first-order valence-corrected chi connectivity index (χ1v) is 7.64. The summed E-state index contributed by atoms with van der Waals surface area (Å²) in [5.74, 6) is 0.0926. The van der Waals surface area contributed by atoms with Gasteiger partial charge in [-0.1, -0.05) is 5.16 Å². The van der Waals surface area contributed by atoms with E-state index in [-0.39, 0.29) is 23.5 Å². The van der Waals surface area contributed by atoms with Gasteiger partial charge in [0.2, 0.25) is 17.0 Å². The summed E-state index contributed by atoms with van der Waals surface area (Å²) < 4.78 is 10.0. The molecule has 0 aliphatic carbocycles. The molecule has 2 rings (SSSR count). The molecule has 1 heterocycles. The largest absolute Gasteiger partial charge is 0.495 e. The molecule has 0 saturated heterocycles. The highest BCUT2D eigenvalue weighted by Crippen LogP contribution is 2.28. The number of ether oxygens (including phenoxy) is 1. The summed E-state index contributed by atoms with van der Waals surface area (Å²) in [4.78, 5) is 23.3. The van der Waals surface area contributed by atoms with Crippen LogP contribution in [0.15, 0.2) is 22.7 Å². The lowest BCUT2D eigenvalue weighted by atomic mass is 10.1. The van der Waals surface area contributed by atoms with E-state index < -0.39 is 0 Å². The van der Waals surface area contributed by atoms with Crippen molar-refractivity contribution in [1.29, 1.82) is 0 Å². The topological polar surface area (TPSA) is 93.5 Å². The molecule has 0 aliphatic heterocycles. The lowest BCUT2D eigenvalue weighted by Gasteiger charge is -2.12. The number of amides is 2. The number of rotatable bonds is 6. The number of benzene rings is 1. The van der Waals surface area contributed by atoms with Crippen LogP contribution in [0.5, 0.6) is 5.75 Å². The molecule has 1 aromatic carbocycles. The molecular weight excluding hydrogens is 334 g/mol. The molecule has 0 unspecified atom stereocenters. The summed E-state index contributed by atoms with van der Waals surface area (Å²) in [6.07, 6.45) is 0.651. The Kier molecular flexibility index (Phi) is 5.81. The van der Waals surface area contributed by atoms with Crippen molar-refractivity contribution in [2.24, 2.45) is 0 Å². The summed E-state index contributed by atoms with van der Waals surface area (Å²) >= 11 is 5.88. The number of halogens is 1. The Hall–Kier alpha value is -2.54. The van der Waals surface area contributed by atoms with Gasteiger partial charge in [-0.3, -0.25) is 9.59 Å². The second-order valence-corrected chi connectivity index (χ2v) is 5.51. The number of hydrogen-bond acceptors (Lipinski definition) is 5. The smallest absolute Gasteiger partial charge is 0.229 e. The van der Waals surface area contributed by atoms with Gasteiger partial charge in [-0.05, 0) is 43.1 Å². The Labute approximate surface area is 144 Å². The molecule has 24 heavy (non-hydrogen) atoms. The number of anilines is 2. The fraction of sp³-hybridized carbons (Fsp3) is 0.312. The maximum atomic E-state index is 12.1. The Morgan fingerprint density at radius 1 is 1.33 bits per heavy atom. The van der Waals surface area contributed by atoms with E-state index in [2.05, 4.69) is 15.8 Å². The zero-order valence-electron chi connectivity index (χ0n) is 13.6. The molecule has 2 N–H and O–H groups in total. The number of methoxy groups -OCH3 is 1. The minimum Gasteiger partial charge on any atom is -0.495 e. The molecule has 128 valence electrons. The number of aromatic nitrogens is 1. The highest BCUT2D eigenvalue weighted by Gasteiger charge is 2.13. The van der Waals surface area contributed by atoms with Crippen molar-refractivity contribution >= 4 is 34.8 Å². The summed E-state index contributed by atoms with van der Waals surface area (Å²) in [7, 11) is 1.50. The second-order valence-electron chi connectivity index (χ2n) is 5.16. The van der Waals surface area contributed by atoms with Crippen molar-refractivity contribution in [3.05, 3.63) is 34.7 Å². The van der Waals surface area contributed by atoms with Crippen LogP contribution in [-0.4, -0.2) is 24.1 Å². The van der Waals surface area contributed by atoms with Crippen LogP contribution < -0.4 is 15.4 Å². The van der Waals surface area contributed by atoms with E-state index in [0.29, 0.717) is 29.2 Å². The summed E-state index contributed by atoms with van der Waals surface area (Å²) in [6, 6.07) is 5.00. The number of carbonyl (C=O) groups excluding carboxylic acids is 2. The van der Waals surface area contributed by atoms with Crippen LogP contribution in [0.25, 0.3) is 0 Å². The van der Waals surface area contributed by atoms with Gasteiger partial charge in [0.05, 0.1) is 18.5 Å². The Morgan fingerprint density at radius 3 is 2.67 bits per heavy atom. The molecule has 8 heteroatoms. The van der Waals surface area contributed by atoms with Gasteiger partial charge in [0, 0.05) is 24.6 Å². The third-order valence-electron chi connectivity index (χ3n) is 3.33. The maximum Gasteiger partial charge on any atom is 0.229 e. The zero-order valence-corrected chi connectivity index (χ0v) is 14.4. The Morgan fingerprint density at radius 2 is 2.08 bits per heavy atom. The molecule has 0 saturated carbocycles. The quantitative estimate of drug-likeness (QED) is 0.833. The van der Waals surface area contributed by atoms with Crippen LogP contribution in [0.1, 0.15) is 24.6 Å². The van der Waals surface area contributed by atoms with Crippen LogP contribution in [0.2, 0.25) is 5.22 Å². The van der Waals surface area contributed by atoms with Gasteiger partial charge < -0.3 is 19.9 Å². The third-order valence-corrected chi connectivity index (χ3v) is 3.63. The molecular formula is C16H18ClN3O4. The van der Waals surface area contributed by atoms with Gasteiger partial charge >= 0.3 is 0 Å². The number of nitrogens with one attached hydrogen (secondary N) is 2. The number of aryl methyl sites for hydroxylation is 1. The van der Waals surface area contributed by atoms with E-state index in [9.17, 15) is 9.59 Å². The fourth-order valence-electron chi connectivity index (χ4n) is 2.18. The second kappa shape index (κ2) is 7.83. The van der Waals surface area contributed by atoms with Gasteiger partial charge in [-0.25, -0.2) is 0 Å². The van der Waals surface area contributed by atoms with E-state index in [1.54, 1.807) is 25.1 Å². The van der Waals surface area contributed by atoms with Crippen LogP contribution in [0, 0.1) is 6.92 Å². The molecule has 0 bridgehead atoms. The molecule has 2 aromatic rings. The molecule has 0 atom stereocenters. The van der Waals surface area contributed by atoms with Crippen LogP contribution in [0.4, 0.5) is 11.4 Å². The minimum absolute atomic E-state index is 0.189. The van der Waals surface area contributed by atoms with Crippen molar-refractivity contribution < 1.29 is 18.8 Å². The minimum atomic E-state index is -0.227. The Balaban J connectivity index is 2.02.